The summed E-state index contributed by atoms with van der Waals surface area (Å²) in [6, 6.07) is 0. The van der Waals surface area contributed by atoms with E-state index in [1.54, 1.807) is 6.92 Å². The highest BCUT2D eigenvalue weighted by atomic mass is 16.6. The van der Waals surface area contributed by atoms with Gasteiger partial charge in [0.25, 0.3) is 0 Å². The fourth-order valence-corrected chi connectivity index (χ4v) is 2.38. The van der Waals surface area contributed by atoms with Gasteiger partial charge in [-0.15, -0.1) is 0 Å². The van der Waals surface area contributed by atoms with Crippen LogP contribution in [-0.4, -0.2) is 47.1 Å². The van der Waals surface area contributed by atoms with Crippen molar-refractivity contribution in [2.24, 2.45) is 17.4 Å². The number of fused-ring (bicyclic) bond motifs is 1. The van der Waals surface area contributed by atoms with Crippen molar-refractivity contribution in [2.45, 2.75) is 37.0 Å². The summed E-state index contributed by atoms with van der Waals surface area (Å²) in [5, 5.41) is 19.0. The van der Waals surface area contributed by atoms with E-state index in [2.05, 4.69) is 0 Å². The molecule has 3 unspecified atom stereocenters. The zero-order valence-corrected chi connectivity index (χ0v) is 8.72. The summed E-state index contributed by atoms with van der Waals surface area (Å²) in [5.74, 6) is -0.195. The highest BCUT2D eigenvalue weighted by Gasteiger charge is 2.66. The second kappa shape index (κ2) is 3.38. The van der Waals surface area contributed by atoms with Crippen LogP contribution >= 0.6 is 0 Å². The first-order valence-electron chi connectivity index (χ1n) is 5.12. The van der Waals surface area contributed by atoms with Crippen LogP contribution in [0.2, 0.25) is 0 Å². The van der Waals surface area contributed by atoms with Crippen molar-refractivity contribution in [1.82, 2.24) is 0 Å². The first-order chi connectivity index (χ1) is 6.90. The predicted molar refractivity (Wildman–Crippen MR) is 51.5 cm³/mol. The lowest BCUT2D eigenvalue weighted by Gasteiger charge is -2.35. The minimum absolute atomic E-state index is 0.0727. The Hall–Kier alpha value is -0.240. The molecule has 2 heterocycles. The molecule has 5 atom stereocenters. The van der Waals surface area contributed by atoms with Crippen LogP contribution in [0.1, 0.15) is 13.3 Å². The van der Waals surface area contributed by atoms with Crippen LogP contribution in [0.25, 0.3) is 0 Å². The summed E-state index contributed by atoms with van der Waals surface area (Å²) in [4.78, 5) is 0. The van der Waals surface area contributed by atoms with E-state index in [1.165, 1.54) is 0 Å². The maximum atomic E-state index is 9.66. The molecule has 2 rings (SSSR count). The van der Waals surface area contributed by atoms with Gasteiger partial charge in [0.15, 0.2) is 11.4 Å². The first-order valence-corrected chi connectivity index (χ1v) is 5.12. The van der Waals surface area contributed by atoms with Gasteiger partial charge >= 0.3 is 0 Å². The zero-order valence-electron chi connectivity index (χ0n) is 8.72. The Labute approximate surface area is 88.1 Å². The molecule has 0 aliphatic carbocycles. The van der Waals surface area contributed by atoms with Gasteiger partial charge in [0.2, 0.25) is 0 Å². The lowest BCUT2D eigenvalue weighted by atomic mass is 9.86. The number of hydrogen-bond donors (Lipinski definition) is 4. The van der Waals surface area contributed by atoms with E-state index in [9.17, 15) is 10.2 Å². The summed E-state index contributed by atoms with van der Waals surface area (Å²) in [6.07, 6.45) is -0.966. The molecule has 15 heavy (non-hydrogen) atoms. The standard InChI is InChI=1S/C9H18N2O4/c1-5(12)2-6-3-14-9(11)7(13)4-15-8(6,9)10/h5-7,12-13H,2-4,10-11H2,1H3/t5?,6?,7?,8-,9-/m1/s1. The van der Waals surface area contributed by atoms with Crippen molar-refractivity contribution in [3.63, 3.8) is 0 Å². The molecule has 88 valence electrons. The summed E-state index contributed by atoms with van der Waals surface area (Å²) >= 11 is 0. The van der Waals surface area contributed by atoms with E-state index < -0.39 is 23.7 Å². The van der Waals surface area contributed by atoms with Gasteiger partial charge in [-0.3, -0.25) is 11.5 Å². The predicted octanol–water partition coefficient (Wildman–Crippen LogP) is -1.90. The Morgan fingerprint density at radius 1 is 1.33 bits per heavy atom. The summed E-state index contributed by atoms with van der Waals surface area (Å²) in [6.45, 7) is 2.05. The summed E-state index contributed by atoms with van der Waals surface area (Å²) < 4.78 is 10.7. The quantitative estimate of drug-likeness (QED) is 0.431. The third-order valence-corrected chi connectivity index (χ3v) is 3.34. The molecular weight excluding hydrogens is 200 g/mol. The third kappa shape index (κ3) is 1.41. The second-order valence-electron chi connectivity index (χ2n) is 4.51. The molecule has 6 N–H and O–H groups in total. The van der Waals surface area contributed by atoms with Crippen molar-refractivity contribution in [2.75, 3.05) is 13.2 Å². The minimum atomic E-state index is -1.34. The molecule has 0 saturated carbocycles. The minimum Gasteiger partial charge on any atom is -0.393 e. The van der Waals surface area contributed by atoms with Gasteiger partial charge in [0, 0.05) is 5.92 Å². The van der Waals surface area contributed by atoms with Gasteiger partial charge in [-0.2, -0.15) is 0 Å². The third-order valence-electron chi connectivity index (χ3n) is 3.34. The molecule has 0 bridgehead atoms. The summed E-state index contributed by atoms with van der Waals surface area (Å²) in [5.41, 5.74) is 9.41. The van der Waals surface area contributed by atoms with Crippen molar-refractivity contribution >= 4 is 0 Å². The molecule has 2 aliphatic heterocycles. The molecular formula is C9H18N2O4. The zero-order chi connectivity index (χ0) is 11.3. The van der Waals surface area contributed by atoms with Crippen molar-refractivity contribution < 1.29 is 19.7 Å². The Bertz CT molecular complexity index is 262. The lowest BCUT2D eigenvalue weighted by molar-refractivity contribution is -0.115. The fourth-order valence-electron chi connectivity index (χ4n) is 2.38. The molecule has 0 aromatic carbocycles. The van der Waals surface area contributed by atoms with Crippen LogP contribution in [0.3, 0.4) is 0 Å². The van der Waals surface area contributed by atoms with Crippen LogP contribution < -0.4 is 11.5 Å². The SMILES string of the molecule is CC(O)CC1CO[C@]2(N)C(O)CO[C@]12N. The van der Waals surface area contributed by atoms with Gasteiger partial charge in [-0.1, -0.05) is 0 Å². The first kappa shape index (κ1) is 11.3. The fraction of sp³-hybridized carbons (Fsp3) is 1.00. The Morgan fingerprint density at radius 3 is 2.53 bits per heavy atom. The van der Waals surface area contributed by atoms with Gasteiger partial charge in [0.1, 0.15) is 6.10 Å². The topological polar surface area (TPSA) is 111 Å². The van der Waals surface area contributed by atoms with E-state index in [0.717, 1.165) is 0 Å². The van der Waals surface area contributed by atoms with Crippen molar-refractivity contribution in [3.05, 3.63) is 0 Å². The number of hydrogen-bond acceptors (Lipinski definition) is 6. The van der Waals surface area contributed by atoms with Crippen molar-refractivity contribution in [1.29, 1.82) is 0 Å². The highest BCUT2D eigenvalue weighted by Crippen LogP contribution is 2.44. The molecule has 0 spiro atoms. The number of nitrogens with two attached hydrogens (primary N) is 2. The summed E-state index contributed by atoms with van der Waals surface area (Å²) in [7, 11) is 0. The molecule has 2 saturated heterocycles. The molecule has 2 fully saturated rings. The van der Waals surface area contributed by atoms with E-state index in [4.69, 9.17) is 20.9 Å². The van der Waals surface area contributed by atoms with Gasteiger partial charge in [-0.25, -0.2) is 0 Å². The Balaban J connectivity index is 2.20. The lowest BCUT2D eigenvalue weighted by Crippen LogP contribution is -2.67. The van der Waals surface area contributed by atoms with Gasteiger partial charge in [0.05, 0.1) is 19.3 Å². The van der Waals surface area contributed by atoms with Gasteiger partial charge in [-0.05, 0) is 13.3 Å². The average molecular weight is 218 g/mol. The maximum Gasteiger partial charge on any atom is 0.188 e. The molecule has 6 nitrogen and oxygen atoms in total. The van der Waals surface area contributed by atoms with E-state index >= 15 is 0 Å². The normalized spacial score (nSPS) is 51.8. The average Bonchev–Trinajstić information content (AvgIpc) is 2.51. The molecule has 0 aromatic rings. The number of aliphatic hydroxyl groups excluding tert-OH is 2. The number of rotatable bonds is 2. The number of aliphatic hydroxyl groups is 2. The second-order valence-corrected chi connectivity index (χ2v) is 4.51. The number of ether oxygens (including phenoxy) is 2. The van der Waals surface area contributed by atoms with Crippen LogP contribution in [0, 0.1) is 5.92 Å². The van der Waals surface area contributed by atoms with Crippen LogP contribution in [0.4, 0.5) is 0 Å². The molecule has 6 heteroatoms. The van der Waals surface area contributed by atoms with Crippen LogP contribution in [0.15, 0.2) is 0 Å². The maximum absolute atomic E-state index is 9.66. The molecule has 0 radical (unpaired) electrons. The van der Waals surface area contributed by atoms with Crippen LogP contribution in [-0.2, 0) is 9.47 Å². The Morgan fingerprint density at radius 2 is 1.93 bits per heavy atom. The van der Waals surface area contributed by atoms with E-state index in [-0.39, 0.29) is 12.5 Å². The van der Waals surface area contributed by atoms with E-state index in [0.29, 0.717) is 13.0 Å². The largest absolute Gasteiger partial charge is 0.393 e. The molecule has 0 aromatic heterocycles. The van der Waals surface area contributed by atoms with E-state index in [1.807, 2.05) is 0 Å². The molecule has 0 amide bonds. The Kier molecular flexibility index (Phi) is 2.53. The van der Waals surface area contributed by atoms with Crippen molar-refractivity contribution in [3.8, 4) is 0 Å². The van der Waals surface area contributed by atoms with Crippen LogP contribution in [0.5, 0.6) is 0 Å². The smallest absolute Gasteiger partial charge is 0.188 e. The van der Waals surface area contributed by atoms with Gasteiger partial charge < -0.3 is 19.7 Å². The molecule has 2 aliphatic rings. The monoisotopic (exact) mass is 218 g/mol. The highest BCUT2D eigenvalue weighted by molar-refractivity contribution is 5.11.